The number of hydrogen-bond acceptors (Lipinski definition) is 6. The summed E-state index contributed by atoms with van der Waals surface area (Å²) in [5, 5.41) is 11.1. The molecule has 9 heteroatoms. The molecule has 112 valence electrons. The van der Waals surface area contributed by atoms with Crippen molar-refractivity contribution in [3.05, 3.63) is 24.3 Å². The number of rotatable bonds is 8. The van der Waals surface area contributed by atoms with E-state index in [1.54, 1.807) is 18.2 Å². The average molecular weight is 303 g/mol. The molecule has 0 radical (unpaired) electrons. The van der Waals surface area contributed by atoms with Crippen molar-refractivity contribution in [2.45, 2.75) is 0 Å². The minimum atomic E-state index is -3.47. The molecule has 0 aliphatic carbocycles. The van der Waals surface area contributed by atoms with Crippen LogP contribution >= 0.6 is 0 Å². The SMILES string of the molecule is COCCS(=O)(=O)Nc1cccc(OCC(N)=NO)c1. The van der Waals surface area contributed by atoms with Crippen LogP contribution in [0.4, 0.5) is 5.69 Å². The van der Waals surface area contributed by atoms with Crippen molar-refractivity contribution < 1.29 is 23.1 Å². The maximum Gasteiger partial charge on any atom is 0.235 e. The van der Waals surface area contributed by atoms with Crippen molar-refractivity contribution in [2.75, 3.05) is 30.8 Å². The minimum absolute atomic E-state index is 0.0870. The molecule has 0 aliphatic heterocycles. The van der Waals surface area contributed by atoms with Crippen molar-refractivity contribution in [3.8, 4) is 5.75 Å². The second-order valence-corrected chi connectivity index (χ2v) is 5.66. The summed E-state index contributed by atoms with van der Waals surface area (Å²) >= 11 is 0. The normalized spacial score (nSPS) is 12.2. The van der Waals surface area contributed by atoms with Gasteiger partial charge in [0.2, 0.25) is 10.0 Å². The number of amidine groups is 1. The van der Waals surface area contributed by atoms with Gasteiger partial charge in [-0.3, -0.25) is 4.72 Å². The number of anilines is 1. The van der Waals surface area contributed by atoms with Crippen LogP contribution in [-0.4, -0.2) is 45.5 Å². The number of nitrogens with two attached hydrogens (primary N) is 1. The van der Waals surface area contributed by atoms with E-state index in [-0.39, 0.29) is 24.8 Å². The van der Waals surface area contributed by atoms with Crippen LogP contribution in [0.1, 0.15) is 0 Å². The maximum absolute atomic E-state index is 11.7. The Balaban J connectivity index is 2.68. The van der Waals surface area contributed by atoms with Crippen LogP contribution in [0.2, 0.25) is 0 Å². The third-order valence-electron chi connectivity index (χ3n) is 2.18. The quantitative estimate of drug-likeness (QED) is 0.273. The number of nitrogens with zero attached hydrogens (tertiary/aromatic N) is 1. The van der Waals surface area contributed by atoms with Crippen LogP contribution in [0.5, 0.6) is 5.75 Å². The van der Waals surface area contributed by atoms with Crippen LogP contribution in [0.15, 0.2) is 29.4 Å². The van der Waals surface area contributed by atoms with Gasteiger partial charge in [0, 0.05) is 13.2 Å². The molecule has 0 saturated carbocycles. The zero-order valence-corrected chi connectivity index (χ0v) is 11.8. The number of sulfonamides is 1. The molecule has 20 heavy (non-hydrogen) atoms. The van der Waals surface area contributed by atoms with Gasteiger partial charge in [-0.1, -0.05) is 11.2 Å². The number of hydrogen-bond donors (Lipinski definition) is 3. The van der Waals surface area contributed by atoms with Gasteiger partial charge in [0.25, 0.3) is 0 Å². The Morgan fingerprint density at radius 1 is 1.50 bits per heavy atom. The van der Waals surface area contributed by atoms with Gasteiger partial charge in [0.15, 0.2) is 5.84 Å². The van der Waals surface area contributed by atoms with Gasteiger partial charge >= 0.3 is 0 Å². The van der Waals surface area contributed by atoms with Crippen molar-refractivity contribution in [2.24, 2.45) is 10.9 Å². The highest BCUT2D eigenvalue weighted by atomic mass is 32.2. The molecule has 0 saturated heterocycles. The Kier molecular flexibility index (Phi) is 6.07. The first-order valence-corrected chi connectivity index (χ1v) is 7.31. The van der Waals surface area contributed by atoms with E-state index in [0.717, 1.165) is 0 Å². The number of methoxy groups -OCH3 is 1. The molecule has 8 nitrogen and oxygen atoms in total. The van der Waals surface area contributed by atoms with E-state index in [2.05, 4.69) is 9.88 Å². The fraction of sp³-hybridized carbons (Fsp3) is 0.364. The lowest BCUT2D eigenvalue weighted by molar-refractivity contribution is 0.217. The van der Waals surface area contributed by atoms with E-state index in [1.807, 2.05) is 0 Å². The molecule has 0 aliphatic rings. The summed E-state index contributed by atoms with van der Waals surface area (Å²) in [6, 6.07) is 6.32. The Morgan fingerprint density at radius 3 is 2.90 bits per heavy atom. The molecular weight excluding hydrogens is 286 g/mol. The van der Waals surface area contributed by atoms with E-state index in [1.165, 1.54) is 13.2 Å². The van der Waals surface area contributed by atoms with E-state index in [0.29, 0.717) is 11.4 Å². The van der Waals surface area contributed by atoms with E-state index < -0.39 is 10.0 Å². The molecule has 0 bridgehead atoms. The summed E-state index contributed by atoms with van der Waals surface area (Å²) < 4.78 is 35.7. The van der Waals surface area contributed by atoms with Crippen LogP contribution in [0.3, 0.4) is 0 Å². The lowest BCUT2D eigenvalue weighted by Crippen LogP contribution is -2.21. The zero-order valence-electron chi connectivity index (χ0n) is 10.9. The van der Waals surface area contributed by atoms with Crippen LogP contribution in [0.25, 0.3) is 0 Å². The Hall–Kier alpha value is -2.00. The molecule has 1 aromatic rings. The Bertz CT molecular complexity index is 559. The summed E-state index contributed by atoms with van der Waals surface area (Å²) in [7, 11) is -2.04. The number of ether oxygens (including phenoxy) is 2. The maximum atomic E-state index is 11.7. The van der Waals surface area contributed by atoms with Crippen molar-refractivity contribution in [3.63, 3.8) is 0 Å². The lowest BCUT2D eigenvalue weighted by Gasteiger charge is -2.10. The molecule has 0 amide bonds. The first-order valence-electron chi connectivity index (χ1n) is 5.65. The van der Waals surface area contributed by atoms with Gasteiger partial charge < -0.3 is 20.4 Å². The average Bonchev–Trinajstić information content (AvgIpc) is 2.42. The minimum Gasteiger partial charge on any atom is -0.485 e. The number of benzene rings is 1. The van der Waals surface area contributed by atoms with Gasteiger partial charge in [-0.05, 0) is 12.1 Å². The molecule has 0 spiro atoms. The van der Waals surface area contributed by atoms with Crippen molar-refractivity contribution in [1.29, 1.82) is 0 Å². The van der Waals surface area contributed by atoms with Gasteiger partial charge in [0.1, 0.15) is 12.4 Å². The summed E-state index contributed by atoms with van der Waals surface area (Å²) in [6.45, 7) is 0.00536. The Labute approximate surface area is 117 Å². The zero-order chi connectivity index (χ0) is 15.0. The van der Waals surface area contributed by atoms with E-state index in [9.17, 15) is 8.42 Å². The van der Waals surface area contributed by atoms with Crippen molar-refractivity contribution in [1.82, 2.24) is 0 Å². The molecule has 0 heterocycles. The third kappa shape index (κ3) is 5.76. The summed E-state index contributed by atoms with van der Waals surface area (Å²) in [5.74, 6) is 0.165. The first-order chi connectivity index (χ1) is 9.46. The summed E-state index contributed by atoms with van der Waals surface area (Å²) in [5.41, 5.74) is 5.62. The molecule has 4 N–H and O–H groups in total. The molecule has 0 atom stereocenters. The molecule has 0 fully saturated rings. The molecule has 0 unspecified atom stereocenters. The molecular formula is C11H17N3O5S. The second kappa shape index (κ2) is 7.56. The molecule has 0 aromatic heterocycles. The van der Waals surface area contributed by atoms with Crippen LogP contribution < -0.4 is 15.2 Å². The summed E-state index contributed by atoms with van der Waals surface area (Å²) in [4.78, 5) is 0. The highest BCUT2D eigenvalue weighted by Gasteiger charge is 2.10. The summed E-state index contributed by atoms with van der Waals surface area (Å²) in [6.07, 6.45) is 0. The largest absolute Gasteiger partial charge is 0.485 e. The van der Waals surface area contributed by atoms with Gasteiger partial charge in [-0.15, -0.1) is 0 Å². The first kappa shape index (κ1) is 16.1. The Morgan fingerprint density at radius 2 is 2.25 bits per heavy atom. The van der Waals surface area contributed by atoms with Gasteiger partial charge in [0.05, 0.1) is 18.0 Å². The third-order valence-corrected chi connectivity index (χ3v) is 3.43. The lowest BCUT2D eigenvalue weighted by atomic mass is 10.3. The van der Waals surface area contributed by atoms with E-state index in [4.69, 9.17) is 20.4 Å². The fourth-order valence-electron chi connectivity index (χ4n) is 1.26. The van der Waals surface area contributed by atoms with Gasteiger partial charge in [-0.25, -0.2) is 8.42 Å². The highest BCUT2D eigenvalue weighted by Crippen LogP contribution is 2.18. The monoisotopic (exact) mass is 303 g/mol. The fourth-order valence-corrected chi connectivity index (χ4v) is 2.23. The van der Waals surface area contributed by atoms with E-state index >= 15 is 0 Å². The topological polar surface area (TPSA) is 123 Å². The predicted octanol–water partition coefficient (Wildman–Crippen LogP) is 0.200. The van der Waals surface area contributed by atoms with Crippen molar-refractivity contribution >= 4 is 21.5 Å². The predicted molar refractivity (Wildman–Crippen MR) is 74.6 cm³/mol. The smallest absolute Gasteiger partial charge is 0.235 e. The van der Waals surface area contributed by atoms with Crippen LogP contribution in [0, 0.1) is 0 Å². The van der Waals surface area contributed by atoms with Gasteiger partial charge in [-0.2, -0.15) is 0 Å². The standard InChI is InChI=1S/C11H17N3O5S/c1-18-5-6-20(16,17)14-9-3-2-4-10(7-9)19-8-11(12)13-15/h2-4,7,14-15H,5-6,8H2,1H3,(H2,12,13). The molecule has 1 rings (SSSR count). The highest BCUT2D eigenvalue weighted by molar-refractivity contribution is 7.92. The molecule has 1 aromatic carbocycles. The number of oxime groups is 1. The van der Waals surface area contributed by atoms with Crippen LogP contribution in [-0.2, 0) is 14.8 Å². The second-order valence-electron chi connectivity index (χ2n) is 3.82. The number of nitrogens with one attached hydrogen (secondary N) is 1.